The van der Waals surface area contributed by atoms with Crippen molar-refractivity contribution in [3.8, 4) is 0 Å². The van der Waals surface area contributed by atoms with Gasteiger partial charge in [0.2, 0.25) is 5.91 Å². The summed E-state index contributed by atoms with van der Waals surface area (Å²) in [6, 6.07) is 3.73. The SMILES string of the molecule is CCCc1cc(CNC(=O)[C@@H](C)Cn2cccn2)on1. The van der Waals surface area contributed by atoms with Crippen molar-refractivity contribution >= 4 is 5.91 Å². The minimum absolute atomic E-state index is 0.0195. The van der Waals surface area contributed by atoms with Gasteiger partial charge in [0.15, 0.2) is 5.76 Å². The van der Waals surface area contributed by atoms with Crippen LogP contribution in [0.4, 0.5) is 0 Å². The molecule has 2 heterocycles. The van der Waals surface area contributed by atoms with Crippen LogP contribution in [0.5, 0.6) is 0 Å². The Morgan fingerprint density at radius 3 is 3.10 bits per heavy atom. The standard InChI is InChI=1S/C14H20N4O2/c1-3-5-12-8-13(20-17-12)9-15-14(19)11(2)10-18-7-4-6-16-18/h4,6-8,11H,3,5,9-10H2,1-2H3,(H,15,19)/t11-/m0/s1. The van der Waals surface area contributed by atoms with Crippen molar-refractivity contribution < 1.29 is 9.32 Å². The van der Waals surface area contributed by atoms with Crippen LogP contribution in [-0.2, 0) is 24.3 Å². The van der Waals surface area contributed by atoms with E-state index in [1.165, 1.54) is 0 Å². The van der Waals surface area contributed by atoms with Gasteiger partial charge < -0.3 is 9.84 Å². The van der Waals surface area contributed by atoms with E-state index in [2.05, 4.69) is 22.5 Å². The summed E-state index contributed by atoms with van der Waals surface area (Å²) in [6.45, 7) is 4.91. The van der Waals surface area contributed by atoms with Gasteiger partial charge in [-0.1, -0.05) is 25.4 Å². The number of rotatable bonds is 7. The van der Waals surface area contributed by atoms with E-state index in [9.17, 15) is 4.79 Å². The van der Waals surface area contributed by atoms with Gasteiger partial charge >= 0.3 is 0 Å². The van der Waals surface area contributed by atoms with Crippen molar-refractivity contribution in [3.05, 3.63) is 36.0 Å². The number of aryl methyl sites for hydroxylation is 1. The largest absolute Gasteiger partial charge is 0.359 e. The molecular formula is C14H20N4O2. The Morgan fingerprint density at radius 2 is 2.40 bits per heavy atom. The van der Waals surface area contributed by atoms with E-state index in [1.807, 2.05) is 25.3 Å². The van der Waals surface area contributed by atoms with Crippen LogP contribution in [-0.4, -0.2) is 20.8 Å². The number of nitrogens with zero attached hydrogens (tertiary/aromatic N) is 3. The van der Waals surface area contributed by atoms with E-state index < -0.39 is 0 Å². The minimum atomic E-state index is -0.145. The second-order valence-electron chi connectivity index (χ2n) is 4.88. The average molecular weight is 276 g/mol. The normalized spacial score (nSPS) is 12.3. The lowest BCUT2D eigenvalue weighted by Crippen LogP contribution is -2.31. The number of amides is 1. The first-order chi connectivity index (χ1) is 9.69. The molecule has 0 saturated heterocycles. The Morgan fingerprint density at radius 1 is 1.55 bits per heavy atom. The summed E-state index contributed by atoms with van der Waals surface area (Å²) >= 11 is 0. The van der Waals surface area contributed by atoms with Gasteiger partial charge in [0.05, 0.1) is 24.7 Å². The highest BCUT2D eigenvalue weighted by molar-refractivity contribution is 5.78. The molecule has 20 heavy (non-hydrogen) atoms. The molecule has 6 heteroatoms. The molecule has 0 fully saturated rings. The first-order valence-corrected chi connectivity index (χ1v) is 6.88. The van der Waals surface area contributed by atoms with Gasteiger partial charge in [0, 0.05) is 18.5 Å². The van der Waals surface area contributed by atoms with Crippen molar-refractivity contribution in [2.45, 2.75) is 39.8 Å². The maximum Gasteiger partial charge on any atom is 0.225 e. The van der Waals surface area contributed by atoms with E-state index in [-0.39, 0.29) is 11.8 Å². The fraction of sp³-hybridized carbons (Fsp3) is 0.500. The molecule has 2 aromatic rings. The number of hydrogen-bond donors (Lipinski definition) is 1. The van der Waals surface area contributed by atoms with Gasteiger partial charge in [-0.25, -0.2) is 0 Å². The van der Waals surface area contributed by atoms with E-state index in [1.54, 1.807) is 10.9 Å². The van der Waals surface area contributed by atoms with Crippen molar-refractivity contribution in [2.75, 3.05) is 0 Å². The summed E-state index contributed by atoms with van der Waals surface area (Å²) in [5.74, 6) is 0.523. The molecule has 1 amide bonds. The number of carbonyl (C=O) groups is 1. The van der Waals surface area contributed by atoms with Gasteiger partial charge in [-0.2, -0.15) is 5.10 Å². The Balaban J connectivity index is 1.78. The van der Waals surface area contributed by atoms with Crippen molar-refractivity contribution in [3.63, 3.8) is 0 Å². The maximum atomic E-state index is 12.0. The molecule has 2 rings (SSSR count). The smallest absolute Gasteiger partial charge is 0.225 e. The molecule has 1 N–H and O–H groups in total. The summed E-state index contributed by atoms with van der Waals surface area (Å²) in [6.07, 6.45) is 5.47. The van der Waals surface area contributed by atoms with Crippen molar-refractivity contribution in [2.24, 2.45) is 5.92 Å². The van der Waals surface area contributed by atoms with Gasteiger partial charge in [-0.05, 0) is 12.5 Å². The van der Waals surface area contributed by atoms with Gasteiger partial charge in [0.25, 0.3) is 0 Å². The molecule has 0 unspecified atom stereocenters. The highest BCUT2D eigenvalue weighted by atomic mass is 16.5. The predicted octanol–water partition coefficient (Wildman–Crippen LogP) is 1.78. The van der Waals surface area contributed by atoms with Crippen LogP contribution >= 0.6 is 0 Å². The molecule has 6 nitrogen and oxygen atoms in total. The van der Waals surface area contributed by atoms with Gasteiger partial charge in [0.1, 0.15) is 0 Å². The third kappa shape index (κ3) is 3.94. The van der Waals surface area contributed by atoms with E-state index >= 15 is 0 Å². The summed E-state index contributed by atoms with van der Waals surface area (Å²) in [5.41, 5.74) is 0.932. The summed E-state index contributed by atoms with van der Waals surface area (Å²) in [5, 5.41) is 10.9. The molecule has 0 aliphatic carbocycles. The summed E-state index contributed by atoms with van der Waals surface area (Å²) < 4.78 is 6.92. The lowest BCUT2D eigenvalue weighted by molar-refractivity contribution is -0.125. The molecule has 2 aromatic heterocycles. The fourth-order valence-electron chi connectivity index (χ4n) is 1.93. The zero-order chi connectivity index (χ0) is 14.4. The fourth-order valence-corrected chi connectivity index (χ4v) is 1.93. The lowest BCUT2D eigenvalue weighted by atomic mass is 10.1. The van der Waals surface area contributed by atoms with Crippen molar-refractivity contribution in [1.29, 1.82) is 0 Å². The molecule has 0 radical (unpaired) electrons. The van der Waals surface area contributed by atoms with E-state index in [0.717, 1.165) is 18.5 Å². The monoisotopic (exact) mass is 276 g/mol. The molecule has 1 atom stereocenters. The zero-order valence-electron chi connectivity index (χ0n) is 11.9. The van der Waals surface area contributed by atoms with Crippen LogP contribution in [0, 0.1) is 5.92 Å². The first kappa shape index (κ1) is 14.3. The molecule has 0 bridgehead atoms. The Bertz CT molecular complexity index is 533. The molecular weight excluding hydrogens is 256 g/mol. The van der Waals surface area contributed by atoms with Crippen LogP contribution in [0.2, 0.25) is 0 Å². The quantitative estimate of drug-likeness (QED) is 0.836. The predicted molar refractivity (Wildman–Crippen MR) is 73.7 cm³/mol. The van der Waals surface area contributed by atoms with Crippen molar-refractivity contribution in [1.82, 2.24) is 20.3 Å². The second kappa shape index (κ2) is 6.88. The number of hydrogen-bond acceptors (Lipinski definition) is 4. The average Bonchev–Trinajstić information content (AvgIpc) is 3.08. The minimum Gasteiger partial charge on any atom is -0.359 e. The van der Waals surface area contributed by atoms with Crippen LogP contribution in [0.1, 0.15) is 31.7 Å². The molecule has 0 aliphatic rings. The first-order valence-electron chi connectivity index (χ1n) is 6.88. The highest BCUT2D eigenvalue weighted by Crippen LogP contribution is 2.06. The zero-order valence-corrected chi connectivity index (χ0v) is 11.9. The summed E-state index contributed by atoms with van der Waals surface area (Å²) in [7, 11) is 0. The lowest BCUT2D eigenvalue weighted by Gasteiger charge is -2.11. The van der Waals surface area contributed by atoms with E-state index in [0.29, 0.717) is 18.8 Å². The van der Waals surface area contributed by atoms with Gasteiger partial charge in [-0.3, -0.25) is 9.48 Å². The van der Waals surface area contributed by atoms with Crippen LogP contribution in [0.25, 0.3) is 0 Å². The Labute approximate surface area is 118 Å². The third-order valence-electron chi connectivity index (χ3n) is 3.02. The Hall–Kier alpha value is -2.11. The Kier molecular flexibility index (Phi) is 4.92. The molecule has 0 spiro atoms. The van der Waals surface area contributed by atoms with Crippen LogP contribution in [0.15, 0.2) is 29.0 Å². The van der Waals surface area contributed by atoms with Gasteiger partial charge in [-0.15, -0.1) is 0 Å². The summed E-state index contributed by atoms with van der Waals surface area (Å²) in [4.78, 5) is 12.0. The van der Waals surface area contributed by atoms with Crippen LogP contribution < -0.4 is 5.32 Å². The number of aromatic nitrogens is 3. The molecule has 0 saturated carbocycles. The number of carbonyl (C=O) groups excluding carboxylic acids is 1. The molecule has 0 aromatic carbocycles. The van der Waals surface area contributed by atoms with E-state index in [4.69, 9.17) is 4.52 Å². The highest BCUT2D eigenvalue weighted by Gasteiger charge is 2.14. The number of nitrogens with one attached hydrogen (secondary N) is 1. The third-order valence-corrected chi connectivity index (χ3v) is 3.02. The molecule has 108 valence electrons. The maximum absolute atomic E-state index is 12.0. The second-order valence-corrected chi connectivity index (χ2v) is 4.88. The van der Waals surface area contributed by atoms with Crippen LogP contribution in [0.3, 0.4) is 0 Å². The topological polar surface area (TPSA) is 73.0 Å². The molecule has 0 aliphatic heterocycles.